The average molecular weight is 435 g/mol. The Kier molecular flexibility index (Phi) is 8.04. The second kappa shape index (κ2) is 11.4. The predicted molar refractivity (Wildman–Crippen MR) is 122 cm³/mol. The van der Waals surface area contributed by atoms with Gasteiger partial charge in [-0.1, -0.05) is 91.0 Å². The lowest BCUT2D eigenvalue weighted by Gasteiger charge is -2.43. The largest absolute Gasteiger partial charge is 0.368 e. The van der Waals surface area contributed by atoms with Gasteiger partial charge in [0.1, 0.15) is 18.3 Å². The zero-order valence-corrected chi connectivity index (χ0v) is 18.2. The molecule has 1 heterocycles. The van der Waals surface area contributed by atoms with E-state index in [2.05, 4.69) is 0 Å². The molecule has 1 N–H and O–H groups in total. The van der Waals surface area contributed by atoms with Gasteiger partial charge in [-0.3, -0.25) is 0 Å². The predicted octanol–water partition coefficient (Wildman–Crippen LogP) is 4.48. The standard InChI is InChI=1S/C27H30O5/c1-20-24(29-17-21-11-5-2-6-12-21)25(30-18-22-13-7-3-8-14-22)26(27(28)32-20)31-19-23-15-9-4-10-16-23/h2-16,20,24-28H,17-19H2,1H3/t20-,24+,25+,26-,27+/m0/s1. The first-order chi connectivity index (χ1) is 15.7. The van der Waals surface area contributed by atoms with E-state index in [9.17, 15) is 5.11 Å². The van der Waals surface area contributed by atoms with Gasteiger partial charge in [0, 0.05) is 0 Å². The highest BCUT2D eigenvalue weighted by atomic mass is 16.7. The van der Waals surface area contributed by atoms with E-state index in [1.807, 2.05) is 97.9 Å². The van der Waals surface area contributed by atoms with Gasteiger partial charge in [0.05, 0.1) is 25.9 Å². The summed E-state index contributed by atoms with van der Waals surface area (Å²) < 4.78 is 24.5. The van der Waals surface area contributed by atoms with Crippen LogP contribution in [0.4, 0.5) is 0 Å². The Morgan fingerprint density at radius 3 is 1.41 bits per heavy atom. The summed E-state index contributed by atoms with van der Waals surface area (Å²) >= 11 is 0. The van der Waals surface area contributed by atoms with Crippen LogP contribution in [0.15, 0.2) is 91.0 Å². The number of aliphatic hydroxyl groups is 1. The van der Waals surface area contributed by atoms with E-state index in [4.69, 9.17) is 18.9 Å². The van der Waals surface area contributed by atoms with Crippen molar-refractivity contribution in [3.8, 4) is 0 Å². The van der Waals surface area contributed by atoms with Crippen LogP contribution < -0.4 is 0 Å². The first-order valence-electron chi connectivity index (χ1n) is 11.0. The summed E-state index contributed by atoms with van der Waals surface area (Å²) in [6.45, 7) is 3.05. The highest BCUT2D eigenvalue weighted by Crippen LogP contribution is 2.29. The zero-order chi connectivity index (χ0) is 22.2. The van der Waals surface area contributed by atoms with Gasteiger partial charge in [-0.15, -0.1) is 0 Å². The molecule has 0 spiro atoms. The van der Waals surface area contributed by atoms with Gasteiger partial charge in [-0.05, 0) is 23.6 Å². The number of benzene rings is 3. The second-order valence-corrected chi connectivity index (χ2v) is 8.02. The summed E-state index contributed by atoms with van der Waals surface area (Å²) in [4.78, 5) is 0. The van der Waals surface area contributed by atoms with Crippen LogP contribution in [0, 0.1) is 0 Å². The Morgan fingerprint density at radius 2 is 0.969 bits per heavy atom. The van der Waals surface area contributed by atoms with Crippen LogP contribution in [-0.4, -0.2) is 35.8 Å². The molecule has 168 valence electrons. The monoisotopic (exact) mass is 434 g/mol. The number of hydrogen-bond donors (Lipinski definition) is 1. The fraction of sp³-hybridized carbons (Fsp3) is 0.333. The Hall–Kier alpha value is -2.54. The summed E-state index contributed by atoms with van der Waals surface area (Å²) in [5.74, 6) is 0. The van der Waals surface area contributed by atoms with Crippen LogP contribution in [0.3, 0.4) is 0 Å². The highest BCUT2D eigenvalue weighted by Gasteiger charge is 2.46. The Balaban J connectivity index is 1.50. The van der Waals surface area contributed by atoms with Gasteiger partial charge in [-0.2, -0.15) is 0 Å². The molecule has 5 nitrogen and oxygen atoms in total. The van der Waals surface area contributed by atoms with E-state index in [1.54, 1.807) is 0 Å². The summed E-state index contributed by atoms with van der Waals surface area (Å²) in [7, 11) is 0. The van der Waals surface area contributed by atoms with E-state index in [0.717, 1.165) is 16.7 Å². The van der Waals surface area contributed by atoms with Crippen LogP contribution in [-0.2, 0) is 38.8 Å². The normalized spacial score (nSPS) is 25.5. The van der Waals surface area contributed by atoms with E-state index in [1.165, 1.54) is 0 Å². The molecule has 1 aliphatic heterocycles. The molecule has 5 heteroatoms. The molecule has 5 atom stereocenters. The lowest BCUT2D eigenvalue weighted by Crippen LogP contribution is -2.59. The zero-order valence-electron chi connectivity index (χ0n) is 18.2. The van der Waals surface area contributed by atoms with Crippen molar-refractivity contribution in [2.24, 2.45) is 0 Å². The van der Waals surface area contributed by atoms with Crippen LogP contribution in [0.5, 0.6) is 0 Å². The molecule has 1 fully saturated rings. The first-order valence-corrected chi connectivity index (χ1v) is 11.0. The molecule has 0 saturated carbocycles. The molecule has 0 aromatic heterocycles. The van der Waals surface area contributed by atoms with Crippen LogP contribution in [0.25, 0.3) is 0 Å². The van der Waals surface area contributed by atoms with Gasteiger partial charge in [0.25, 0.3) is 0 Å². The summed E-state index contributed by atoms with van der Waals surface area (Å²) in [6, 6.07) is 29.8. The first kappa shape index (κ1) is 22.6. The lowest BCUT2D eigenvalue weighted by atomic mass is 9.98. The molecule has 1 aliphatic rings. The van der Waals surface area contributed by atoms with Crippen molar-refractivity contribution < 1.29 is 24.1 Å². The summed E-state index contributed by atoms with van der Waals surface area (Å²) in [6.07, 6.45) is -3.04. The molecule has 3 aromatic rings. The van der Waals surface area contributed by atoms with Crippen LogP contribution in [0.2, 0.25) is 0 Å². The summed E-state index contributed by atoms with van der Waals surface area (Å²) in [5, 5.41) is 10.7. The Bertz CT molecular complexity index is 863. The minimum atomic E-state index is -1.11. The van der Waals surface area contributed by atoms with Crippen LogP contribution >= 0.6 is 0 Å². The molecule has 4 rings (SSSR count). The van der Waals surface area contributed by atoms with Gasteiger partial charge < -0.3 is 24.1 Å². The van der Waals surface area contributed by atoms with E-state index in [0.29, 0.717) is 19.8 Å². The molecule has 0 radical (unpaired) electrons. The van der Waals surface area contributed by atoms with Gasteiger partial charge in [0.15, 0.2) is 6.29 Å². The minimum Gasteiger partial charge on any atom is -0.368 e. The maximum Gasteiger partial charge on any atom is 0.184 e. The maximum absolute atomic E-state index is 10.7. The number of aliphatic hydroxyl groups excluding tert-OH is 1. The van der Waals surface area contributed by atoms with Crippen molar-refractivity contribution in [1.29, 1.82) is 0 Å². The topological polar surface area (TPSA) is 57.2 Å². The smallest absolute Gasteiger partial charge is 0.184 e. The minimum absolute atomic E-state index is 0.344. The second-order valence-electron chi connectivity index (χ2n) is 8.02. The van der Waals surface area contributed by atoms with E-state index in [-0.39, 0.29) is 6.10 Å². The average Bonchev–Trinajstić information content (AvgIpc) is 2.83. The Morgan fingerprint density at radius 1 is 0.594 bits per heavy atom. The fourth-order valence-electron chi connectivity index (χ4n) is 3.89. The molecule has 0 amide bonds. The third kappa shape index (κ3) is 6.03. The third-order valence-corrected chi connectivity index (χ3v) is 5.60. The number of ether oxygens (including phenoxy) is 4. The van der Waals surface area contributed by atoms with E-state index >= 15 is 0 Å². The molecule has 32 heavy (non-hydrogen) atoms. The molecular formula is C27H30O5. The molecule has 0 aliphatic carbocycles. The highest BCUT2D eigenvalue weighted by molar-refractivity contribution is 5.15. The molecule has 0 bridgehead atoms. The quantitative estimate of drug-likeness (QED) is 0.538. The van der Waals surface area contributed by atoms with Gasteiger partial charge in [0.2, 0.25) is 0 Å². The van der Waals surface area contributed by atoms with Crippen molar-refractivity contribution in [3.63, 3.8) is 0 Å². The van der Waals surface area contributed by atoms with Gasteiger partial charge >= 0.3 is 0 Å². The van der Waals surface area contributed by atoms with Crippen LogP contribution in [0.1, 0.15) is 23.6 Å². The van der Waals surface area contributed by atoms with Crippen molar-refractivity contribution >= 4 is 0 Å². The molecule has 0 unspecified atom stereocenters. The Labute approximate surface area is 189 Å². The molecule has 1 saturated heterocycles. The fourth-order valence-corrected chi connectivity index (χ4v) is 3.89. The maximum atomic E-state index is 10.7. The number of rotatable bonds is 9. The number of hydrogen-bond acceptors (Lipinski definition) is 5. The van der Waals surface area contributed by atoms with Crippen molar-refractivity contribution in [1.82, 2.24) is 0 Å². The lowest BCUT2D eigenvalue weighted by molar-refractivity contribution is -0.308. The van der Waals surface area contributed by atoms with Gasteiger partial charge in [-0.25, -0.2) is 0 Å². The molecular weight excluding hydrogens is 404 g/mol. The third-order valence-electron chi connectivity index (χ3n) is 5.60. The van der Waals surface area contributed by atoms with Crippen molar-refractivity contribution in [2.75, 3.05) is 0 Å². The van der Waals surface area contributed by atoms with E-state index < -0.39 is 24.6 Å². The SMILES string of the molecule is C[C@@H]1O[C@@H](O)[C@@H](OCc2ccccc2)[C@H](OCc2ccccc2)[C@@H]1OCc1ccccc1. The van der Waals surface area contributed by atoms with Crippen molar-refractivity contribution in [3.05, 3.63) is 108 Å². The van der Waals surface area contributed by atoms with Crippen molar-refractivity contribution in [2.45, 2.75) is 57.5 Å². The summed E-state index contributed by atoms with van der Waals surface area (Å²) in [5.41, 5.74) is 3.13. The molecule has 3 aromatic carbocycles.